The normalized spacial score (nSPS) is 12.8. The summed E-state index contributed by atoms with van der Waals surface area (Å²) < 4.78 is 54.2. The van der Waals surface area contributed by atoms with Gasteiger partial charge in [-0.3, -0.25) is 9.10 Å². The maximum absolute atomic E-state index is 12.6. The lowest BCUT2D eigenvalue weighted by molar-refractivity contribution is -0.120. The molecule has 8 nitrogen and oxygen atoms in total. The summed E-state index contributed by atoms with van der Waals surface area (Å²) in [5, 5.41) is 2.75. The molecule has 0 heterocycles. The SMILES string of the molecule is CCCOc1ccc(N(CC(=O)N[C@H](C)c2ccc(S(C)(=O)=O)cc2)S(C)(=O)=O)cc1. The number of nitrogens with one attached hydrogen (secondary N) is 1. The number of rotatable bonds is 10. The lowest BCUT2D eigenvalue weighted by atomic mass is 10.1. The molecule has 2 aromatic rings. The number of amides is 1. The number of nitrogens with zero attached hydrogens (tertiary/aromatic N) is 1. The highest BCUT2D eigenvalue weighted by Gasteiger charge is 2.22. The molecule has 0 aromatic heterocycles. The first kappa shape index (κ1) is 24.7. The number of anilines is 1. The Morgan fingerprint density at radius 2 is 1.58 bits per heavy atom. The van der Waals surface area contributed by atoms with Crippen molar-refractivity contribution in [3.05, 3.63) is 54.1 Å². The number of carbonyl (C=O) groups excluding carboxylic acids is 1. The van der Waals surface area contributed by atoms with Crippen LogP contribution in [-0.4, -0.2) is 48.4 Å². The van der Waals surface area contributed by atoms with Gasteiger partial charge in [-0.2, -0.15) is 0 Å². The van der Waals surface area contributed by atoms with Crippen LogP contribution in [0.1, 0.15) is 31.9 Å². The molecular formula is C21H28N2O6S2. The Bertz CT molecular complexity index is 1100. The first-order valence-electron chi connectivity index (χ1n) is 9.71. The highest BCUT2D eigenvalue weighted by molar-refractivity contribution is 7.92. The van der Waals surface area contributed by atoms with E-state index in [9.17, 15) is 21.6 Å². The van der Waals surface area contributed by atoms with Crippen LogP contribution in [0.5, 0.6) is 5.75 Å². The van der Waals surface area contributed by atoms with Crippen LogP contribution >= 0.6 is 0 Å². The molecule has 0 unspecified atom stereocenters. The molecule has 1 amide bonds. The van der Waals surface area contributed by atoms with Crippen LogP contribution in [0.2, 0.25) is 0 Å². The summed E-state index contributed by atoms with van der Waals surface area (Å²) in [4.78, 5) is 12.7. The van der Waals surface area contributed by atoms with Crippen molar-refractivity contribution in [3.63, 3.8) is 0 Å². The van der Waals surface area contributed by atoms with Crippen molar-refractivity contribution in [1.29, 1.82) is 0 Å². The molecule has 0 saturated carbocycles. The molecule has 0 aliphatic rings. The molecule has 0 saturated heterocycles. The van der Waals surface area contributed by atoms with Crippen molar-refractivity contribution in [3.8, 4) is 5.75 Å². The van der Waals surface area contributed by atoms with Gasteiger partial charge in [0.1, 0.15) is 12.3 Å². The predicted octanol–water partition coefficient (Wildman–Crippen LogP) is 2.52. The van der Waals surface area contributed by atoms with E-state index >= 15 is 0 Å². The van der Waals surface area contributed by atoms with Gasteiger partial charge in [0, 0.05) is 6.26 Å². The van der Waals surface area contributed by atoms with E-state index in [-0.39, 0.29) is 11.4 Å². The average molecular weight is 469 g/mol. The van der Waals surface area contributed by atoms with Gasteiger partial charge in [-0.05, 0) is 55.3 Å². The molecular weight excluding hydrogens is 440 g/mol. The van der Waals surface area contributed by atoms with Crippen LogP contribution in [0.25, 0.3) is 0 Å². The zero-order chi connectivity index (χ0) is 23.2. The minimum Gasteiger partial charge on any atom is -0.494 e. The van der Waals surface area contributed by atoms with E-state index < -0.39 is 31.8 Å². The van der Waals surface area contributed by atoms with E-state index in [1.54, 1.807) is 43.3 Å². The zero-order valence-electron chi connectivity index (χ0n) is 18.0. The van der Waals surface area contributed by atoms with Gasteiger partial charge in [-0.25, -0.2) is 16.8 Å². The molecule has 0 radical (unpaired) electrons. The molecule has 10 heteroatoms. The second kappa shape index (κ2) is 10.1. The van der Waals surface area contributed by atoms with E-state index in [1.807, 2.05) is 6.92 Å². The molecule has 0 aliphatic heterocycles. The van der Waals surface area contributed by atoms with E-state index in [2.05, 4.69) is 5.32 Å². The van der Waals surface area contributed by atoms with Gasteiger partial charge in [0.05, 0.1) is 29.5 Å². The summed E-state index contributed by atoms with van der Waals surface area (Å²) >= 11 is 0. The molecule has 2 aromatic carbocycles. The maximum atomic E-state index is 12.6. The second-order valence-corrected chi connectivity index (χ2v) is 11.2. The molecule has 170 valence electrons. The van der Waals surface area contributed by atoms with Crippen molar-refractivity contribution in [2.24, 2.45) is 0 Å². The first-order valence-corrected chi connectivity index (χ1v) is 13.5. The fourth-order valence-electron chi connectivity index (χ4n) is 2.83. The van der Waals surface area contributed by atoms with Gasteiger partial charge in [-0.15, -0.1) is 0 Å². The topological polar surface area (TPSA) is 110 Å². The van der Waals surface area contributed by atoms with Crippen LogP contribution in [0.4, 0.5) is 5.69 Å². The number of benzene rings is 2. The van der Waals surface area contributed by atoms with E-state index in [1.165, 1.54) is 12.1 Å². The van der Waals surface area contributed by atoms with Gasteiger partial charge >= 0.3 is 0 Å². The smallest absolute Gasteiger partial charge is 0.241 e. The van der Waals surface area contributed by atoms with E-state index in [0.29, 0.717) is 23.6 Å². The third-order valence-corrected chi connectivity index (χ3v) is 6.74. The summed E-state index contributed by atoms with van der Waals surface area (Å²) in [6.07, 6.45) is 3.01. The molecule has 31 heavy (non-hydrogen) atoms. The summed E-state index contributed by atoms with van der Waals surface area (Å²) in [5.74, 6) is 0.131. The Labute approximate surface area is 184 Å². The van der Waals surface area contributed by atoms with Crippen molar-refractivity contribution >= 4 is 31.5 Å². The summed E-state index contributed by atoms with van der Waals surface area (Å²) in [7, 11) is -7.01. The van der Waals surface area contributed by atoms with Gasteiger partial charge in [0.15, 0.2) is 9.84 Å². The standard InChI is InChI=1S/C21H28N2O6S2/c1-5-14-29-19-10-8-18(9-11-19)23(31(4,27)28)15-21(24)22-16(2)17-6-12-20(13-7-17)30(3,25)26/h6-13,16H,5,14-15H2,1-4H3,(H,22,24)/t16-/m1/s1. The Morgan fingerprint density at radius 3 is 2.06 bits per heavy atom. The fraction of sp³-hybridized carbons (Fsp3) is 0.381. The number of hydrogen-bond acceptors (Lipinski definition) is 6. The largest absolute Gasteiger partial charge is 0.494 e. The quantitative estimate of drug-likeness (QED) is 0.574. The minimum absolute atomic E-state index is 0.185. The maximum Gasteiger partial charge on any atom is 0.241 e. The van der Waals surface area contributed by atoms with Crippen LogP contribution in [-0.2, 0) is 24.7 Å². The Hall–Kier alpha value is -2.59. The van der Waals surface area contributed by atoms with Crippen molar-refractivity contribution < 1.29 is 26.4 Å². The van der Waals surface area contributed by atoms with Gasteiger partial charge in [-0.1, -0.05) is 19.1 Å². The number of hydrogen-bond donors (Lipinski definition) is 1. The molecule has 0 aliphatic carbocycles. The third-order valence-electron chi connectivity index (χ3n) is 4.47. The van der Waals surface area contributed by atoms with Crippen LogP contribution in [0.3, 0.4) is 0 Å². The number of sulfonamides is 1. The lowest BCUT2D eigenvalue weighted by Gasteiger charge is -2.23. The number of ether oxygens (including phenoxy) is 1. The predicted molar refractivity (Wildman–Crippen MR) is 121 cm³/mol. The summed E-state index contributed by atoms with van der Waals surface area (Å²) in [5.41, 5.74) is 1.05. The Balaban J connectivity index is 2.10. The third kappa shape index (κ3) is 7.25. The second-order valence-electron chi connectivity index (χ2n) is 7.24. The summed E-state index contributed by atoms with van der Waals surface area (Å²) in [6, 6.07) is 12.2. The van der Waals surface area contributed by atoms with Crippen molar-refractivity contribution in [2.45, 2.75) is 31.2 Å². The van der Waals surface area contributed by atoms with Crippen molar-refractivity contribution in [2.75, 3.05) is 30.0 Å². The highest BCUT2D eigenvalue weighted by atomic mass is 32.2. The summed E-state index contributed by atoms with van der Waals surface area (Å²) in [6.45, 7) is 3.89. The molecule has 0 fully saturated rings. The van der Waals surface area contributed by atoms with Crippen molar-refractivity contribution in [1.82, 2.24) is 5.32 Å². The number of carbonyl (C=O) groups is 1. The lowest BCUT2D eigenvalue weighted by Crippen LogP contribution is -2.41. The van der Waals surface area contributed by atoms with Crippen LogP contribution < -0.4 is 14.4 Å². The zero-order valence-corrected chi connectivity index (χ0v) is 19.7. The van der Waals surface area contributed by atoms with Crippen LogP contribution in [0, 0.1) is 0 Å². The molecule has 0 bridgehead atoms. The fourth-order valence-corrected chi connectivity index (χ4v) is 4.32. The number of sulfone groups is 1. The van der Waals surface area contributed by atoms with Gasteiger partial charge in [0.2, 0.25) is 15.9 Å². The molecule has 2 rings (SSSR count). The van der Waals surface area contributed by atoms with Gasteiger partial charge in [0.25, 0.3) is 0 Å². The van der Waals surface area contributed by atoms with Gasteiger partial charge < -0.3 is 10.1 Å². The first-order chi connectivity index (χ1) is 14.4. The minimum atomic E-state index is -3.70. The van der Waals surface area contributed by atoms with Crippen LogP contribution in [0.15, 0.2) is 53.4 Å². The molecule has 0 spiro atoms. The average Bonchev–Trinajstić information content (AvgIpc) is 2.69. The van der Waals surface area contributed by atoms with E-state index in [4.69, 9.17) is 4.74 Å². The monoisotopic (exact) mass is 468 g/mol. The Morgan fingerprint density at radius 1 is 1.00 bits per heavy atom. The molecule has 1 atom stereocenters. The highest BCUT2D eigenvalue weighted by Crippen LogP contribution is 2.22. The molecule has 1 N–H and O–H groups in total. The van der Waals surface area contributed by atoms with E-state index in [0.717, 1.165) is 23.2 Å². The Kier molecular flexibility index (Phi) is 8.08.